The zero-order valence-electron chi connectivity index (χ0n) is 15.8. The van der Waals surface area contributed by atoms with Crippen LogP contribution in [0.15, 0.2) is 54.7 Å². The highest BCUT2D eigenvalue weighted by Gasteiger charge is 2.35. The van der Waals surface area contributed by atoms with Crippen LogP contribution in [0.1, 0.15) is 23.6 Å². The first-order valence-electron chi connectivity index (χ1n) is 8.86. The Morgan fingerprint density at radius 1 is 1.07 bits per heavy atom. The van der Waals surface area contributed by atoms with Crippen LogP contribution in [0.25, 0.3) is 0 Å². The predicted molar refractivity (Wildman–Crippen MR) is 105 cm³/mol. The minimum atomic E-state index is -4.62. The summed E-state index contributed by atoms with van der Waals surface area (Å²) in [4.78, 5) is 9.63. The third-order valence-electron chi connectivity index (χ3n) is 4.39. The van der Waals surface area contributed by atoms with Gasteiger partial charge in [0.25, 0.3) is 0 Å². The Morgan fingerprint density at radius 2 is 1.72 bits per heavy atom. The number of halogens is 3. The van der Waals surface area contributed by atoms with Crippen LogP contribution in [0, 0.1) is 11.3 Å². The van der Waals surface area contributed by atoms with Crippen molar-refractivity contribution in [1.82, 2.24) is 9.97 Å². The van der Waals surface area contributed by atoms with Crippen molar-refractivity contribution in [2.45, 2.75) is 19.5 Å². The Hall–Kier alpha value is -3.60. The second-order valence-corrected chi connectivity index (χ2v) is 6.32. The molecule has 0 amide bonds. The Kier molecular flexibility index (Phi) is 5.69. The summed E-state index contributed by atoms with van der Waals surface area (Å²) in [6.45, 7) is 2.04. The fourth-order valence-electron chi connectivity index (χ4n) is 2.67. The summed E-state index contributed by atoms with van der Waals surface area (Å²) in [6.07, 6.45) is -2.96. The average molecular weight is 397 g/mol. The van der Waals surface area contributed by atoms with E-state index in [1.54, 1.807) is 11.9 Å². The van der Waals surface area contributed by atoms with E-state index in [1.165, 1.54) is 24.3 Å². The lowest BCUT2D eigenvalue weighted by molar-refractivity contribution is -0.137. The topological polar surface area (TPSA) is 64.8 Å². The zero-order chi connectivity index (χ0) is 21.0. The van der Waals surface area contributed by atoms with E-state index in [4.69, 9.17) is 5.26 Å². The van der Waals surface area contributed by atoms with Gasteiger partial charge in [0, 0.05) is 24.6 Å². The largest absolute Gasteiger partial charge is 0.421 e. The molecule has 0 fully saturated rings. The molecule has 1 N–H and O–H groups in total. The van der Waals surface area contributed by atoms with Gasteiger partial charge in [0.2, 0.25) is 5.95 Å². The number of nitrogens with one attached hydrogen (secondary N) is 1. The van der Waals surface area contributed by atoms with Crippen molar-refractivity contribution in [3.8, 4) is 6.07 Å². The average Bonchev–Trinajstić information content (AvgIpc) is 2.73. The number of aryl methyl sites for hydroxylation is 1. The molecule has 29 heavy (non-hydrogen) atoms. The van der Waals surface area contributed by atoms with Crippen LogP contribution in [0.2, 0.25) is 0 Å². The van der Waals surface area contributed by atoms with Crippen LogP contribution >= 0.6 is 0 Å². The Morgan fingerprint density at radius 3 is 2.28 bits per heavy atom. The molecule has 0 aliphatic heterocycles. The van der Waals surface area contributed by atoms with Gasteiger partial charge in [0.1, 0.15) is 11.4 Å². The van der Waals surface area contributed by atoms with Crippen LogP contribution in [0.5, 0.6) is 0 Å². The van der Waals surface area contributed by atoms with Crippen molar-refractivity contribution < 1.29 is 13.2 Å². The van der Waals surface area contributed by atoms with Gasteiger partial charge in [0.05, 0.1) is 11.6 Å². The molecule has 2 aromatic carbocycles. The highest BCUT2D eigenvalue weighted by molar-refractivity contribution is 5.64. The Bertz CT molecular complexity index is 1020. The third kappa shape index (κ3) is 4.63. The molecule has 0 saturated carbocycles. The molecule has 0 radical (unpaired) electrons. The van der Waals surface area contributed by atoms with Gasteiger partial charge in [-0.3, -0.25) is 0 Å². The SMILES string of the molecule is CCc1ccc(N(C)c2ncc(C(F)(F)F)c(Nc3ccc(C#N)cc3)n2)cc1. The Balaban J connectivity index is 1.97. The molecule has 5 nitrogen and oxygen atoms in total. The number of alkyl halides is 3. The van der Waals surface area contributed by atoms with E-state index in [-0.39, 0.29) is 11.8 Å². The summed E-state index contributed by atoms with van der Waals surface area (Å²) in [5.41, 5.74) is 1.73. The van der Waals surface area contributed by atoms with E-state index < -0.39 is 11.7 Å². The van der Waals surface area contributed by atoms with Gasteiger partial charge < -0.3 is 10.2 Å². The molecule has 0 aliphatic carbocycles. The van der Waals surface area contributed by atoms with Crippen molar-refractivity contribution in [1.29, 1.82) is 5.26 Å². The van der Waals surface area contributed by atoms with E-state index in [2.05, 4.69) is 15.3 Å². The summed E-state index contributed by atoms with van der Waals surface area (Å²) in [5, 5.41) is 11.6. The van der Waals surface area contributed by atoms with E-state index in [0.717, 1.165) is 23.9 Å². The Labute approximate surface area is 166 Å². The van der Waals surface area contributed by atoms with Crippen LogP contribution in [-0.2, 0) is 12.6 Å². The van der Waals surface area contributed by atoms with Gasteiger partial charge in [-0.05, 0) is 48.4 Å². The van der Waals surface area contributed by atoms with Crippen molar-refractivity contribution in [2.24, 2.45) is 0 Å². The fraction of sp³-hybridized carbons (Fsp3) is 0.190. The number of hydrogen-bond donors (Lipinski definition) is 1. The summed E-state index contributed by atoms with van der Waals surface area (Å²) < 4.78 is 40.3. The second-order valence-electron chi connectivity index (χ2n) is 6.32. The van der Waals surface area contributed by atoms with Crippen molar-refractivity contribution in [3.05, 3.63) is 71.4 Å². The number of benzene rings is 2. The minimum Gasteiger partial charge on any atom is -0.340 e. The van der Waals surface area contributed by atoms with Gasteiger partial charge in [-0.25, -0.2) is 4.98 Å². The van der Waals surface area contributed by atoms with Gasteiger partial charge in [-0.1, -0.05) is 19.1 Å². The summed E-state index contributed by atoms with van der Waals surface area (Å²) >= 11 is 0. The first-order chi connectivity index (χ1) is 13.8. The zero-order valence-corrected chi connectivity index (χ0v) is 15.8. The van der Waals surface area contributed by atoms with Gasteiger partial charge in [0.15, 0.2) is 0 Å². The van der Waals surface area contributed by atoms with Gasteiger partial charge >= 0.3 is 6.18 Å². The summed E-state index contributed by atoms with van der Waals surface area (Å²) in [5.74, 6) is -0.234. The van der Waals surface area contributed by atoms with Gasteiger partial charge in [-0.2, -0.15) is 23.4 Å². The van der Waals surface area contributed by atoms with E-state index >= 15 is 0 Å². The molecule has 3 rings (SSSR count). The molecule has 0 bridgehead atoms. The first-order valence-corrected chi connectivity index (χ1v) is 8.86. The number of rotatable bonds is 5. The summed E-state index contributed by atoms with van der Waals surface area (Å²) in [7, 11) is 1.69. The number of aromatic nitrogens is 2. The molecule has 0 aliphatic rings. The molecule has 8 heteroatoms. The second kappa shape index (κ2) is 8.19. The monoisotopic (exact) mass is 397 g/mol. The third-order valence-corrected chi connectivity index (χ3v) is 4.39. The molecular weight excluding hydrogens is 379 g/mol. The maximum atomic E-state index is 13.4. The predicted octanol–water partition coefficient (Wildman–Crippen LogP) is 5.44. The molecule has 0 saturated heterocycles. The van der Waals surface area contributed by atoms with Crippen LogP contribution in [0.4, 0.5) is 36.3 Å². The quantitative estimate of drug-likeness (QED) is 0.621. The molecule has 0 atom stereocenters. The van der Waals surface area contributed by atoms with Gasteiger partial charge in [-0.15, -0.1) is 0 Å². The lowest BCUT2D eigenvalue weighted by Crippen LogP contribution is -2.17. The first kappa shape index (κ1) is 20.1. The van der Waals surface area contributed by atoms with E-state index in [9.17, 15) is 13.2 Å². The maximum absolute atomic E-state index is 13.4. The lowest BCUT2D eigenvalue weighted by atomic mass is 10.1. The highest BCUT2D eigenvalue weighted by atomic mass is 19.4. The molecule has 1 aromatic heterocycles. The standard InChI is InChI=1S/C21H18F3N5/c1-3-14-6-10-17(11-7-14)29(2)20-26-13-18(21(22,23)24)19(28-20)27-16-8-4-15(12-25)5-9-16/h4-11,13H,3H2,1-2H3,(H,26,27,28). The highest BCUT2D eigenvalue weighted by Crippen LogP contribution is 2.36. The molecule has 3 aromatic rings. The van der Waals surface area contributed by atoms with Crippen LogP contribution in [0.3, 0.4) is 0 Å². The molecule has 1 heterocycles. The smallest absolute Gasteiger partial charge is 0.340 e. The molecule has 148 valence electrons. The molecule has 0 unspecified atom stereocenters. The van der Waals surface area contributed by atoms with Crippen molar-refractivity contribution in [3.63, 3.8) is 0 Å². The van der Waals surface area contributed by atoms with Crippen LogP contribution < -0.4 is 10.2 Å². The van der Waals surface area contributed by atoms with Crippen molar-refractivity contribution >= 4 is 23.1 Å². The van der Waals surface area contributed by atoms with Crippen molar-refractivity contribution in [2.75, 3.05) is 17.3 Å². The molecular formula is C21H18F3N5. The number of nitrogens with zero attached hydrogens (tertiary/aromatic N) is 4. The molecule has 0 spiro atoms. The van der Waals surface area contributed by atoms with E-state index in [0.29, 0.717) is 11.3 Å². The summed E-state index contributed by atoms with van der Waals surface area (Å²) in [6, 6.07) is 15.7. The fourth-order valence-corrected chi connectivity index (χ4v) is 2.67. The van der Waals surface area contributed by atoms with E-state index in [1.807, 2.05) is 37.3 Å². The maximum Gasteiger partial charge on any atom is 0.421 e. The van der Waals surface area contributed by atoms with Crippen LogP contribution in [-0.4, -0.2) is 17.0 Å². The number of nitriles is 1. The minimum absolute atomic E-state index is 0.124. The number of hydrogen-bond acceptors (Lipinski definition) is 5. The number of anilines is 4. The lowest BCUT2D eigenvalue weighted by Gasteiger charge is -2.20. The normalized spacial score (nSPS) is 11.0.